The number of carbonyl (C=O) groups is 4. The molecule has 1 spiro atoms. The van der Waals surface area contributed by atoms with E-state index in [1.807, 2.05) is 6.07 Å². The van der Waals surface area contributed by atoms with Crippen molar-refractivity contribution in [3.63, 3.8) is 0 Å². The summed E-state index contributed by atoms with van der Waals surface area (Å²) in [5.41, 5.74) is 4.48. The van der Waals surface area contributed by atoms with Crippen molar-refractivity contribution < 1.29 is 19.2 Å². The first-order chi connectivity index (χ1) is 19.9. The van der Waals surface area contributed by atoms with Crippen molar-refractivity contribution in [1.82, 2.24) is 15.5 Å². The summed E-state index contributed by atoms with van der Waals surface area (Å²) in [7, 11) is 0. The molecule has 2 aromatic carbocycles. The average molecular weight is 570 g/mol. The third-order valence-electron chi connectivity index (χ3n) is 11.3. The Balaban J connectivity index is 0.852. The SMILES string of the molecule is O=C1CCC(N2C(=O)c3cccc(SCCCc4ccc(CNC56CC7CC8CC(C5)C86C7)cc4)c3C2=O)C(=O)N1. The van der Waals surface area contributed by atoms with Gasteiger partial charge in [0.25, 0.3) is 11.8 Å². The molecule has 2 aliphatic heterocycles. The molecule has 2 aromatic rings. The van der Waals surface area contributed by atoms with Crippen LogP contribution in [-0.2, 0) is 22.6 Å². The standard InChI is InChI=1S/C33H35N3O4S/c37-27-11-10-25(29(38)35-27)36-30(39)24-4-1-5-26(28(24)31(36)40)41-12-2-3-19-6-8-20(9-7-19)18-34-32-15-21-13-22-14-23(17-32)33(22,32)16-21/h1,4-9,21-23,25,34H,2-3,10-18H2,(H,35,37,38). The molecular weight excluding hydrogens is 534 g/mol. The molecule has 0 aromatic heterocycles. The Labute approximate surface area is 244 Å². The van der Waals surface area contributed by atoms with Gasteiger partial charge in [0.1, 0.15) is 6.04 Å². The summed E-state index contributed by atoms with van der Waals surface area (Å²) in [6.07, 6.45) is 9.45. The minimum atomic E-state index is -0.940. The van der Waals surface area contributed by atoms with Crippen LogP contribution < -0.4 is 10.6 Å². The quantitative estimate of drug-likeness (QED) is 0.263. The monoisotopic (exact) mass is 569 g/mol. The summed E-state index contributed by atoms with van der Waals surface area (Å²) in [4.78, 5) is 52.1. The maximum absolute atomic E-state index is 13.3. The molecule has 5 fully saturated rings. The predicted octanol–water partition coefficient (Wildman–Crippen LogP) is 4.48. The summed E-state index contributed by atoms with van der Waals surface area (Å²) < 4.78 is 0. The lowest BCUT2D eigenvalue weighted by atomic mass is 9.35. The minimum Gasteiger partial charge on any atom is -0.307 e. The molecule has 6 atom stereocenters. The van der Waals surface area contributed by atoms with E-state index in [0.717, 1.165) is 52.7 Å². The van der Waals surface area contributed by atoms with Crippen LogP contribution in [0.5, 0.6) is 0 Å². The average Bonchev–Trinajstić information content (AvgIpc) is 3.54. The van der Waals surface area contributed by atoms with Gasteiger partial charge in [-0.05, 0) is 104 Å². The summed E-state index contributed by atoms with van der Waals surface area (Å²) in [5.74, 6) is 1.94. The fourth-order valence-electron chi connectivity index (χ4n) is 9.65. The van der Waals surface area contributed by atoms with E-state index >= 15 is 0 Å². The third-order valence-corrected chi connectivity index (χ3v) is 12.5. The Kier molecular flexibility index (Phi) is 5.81. The second kappa shape index (κ2) is 9.27. The van der Waals surface area contributed by atoms with E-state index < -0.39 is 23.8 Å². The molecule has 8 heteroatoms. The molecule has 2 N–H and O–H groups in total. The highest BCUT2D eigenvalue weighted by molar-refractivity contribution is 7.99. The molecule has 7 nitrogen and oxygen atoms in total. The van der Waals surface area contributed by atoms with E-state index in [9.17, 15) is 19.2 Å². The van der Waals surface area contributed by atoms with Crippen LogP contribution in [-0.4, -0.2) is 45.9 Å². The van der Waals surface area contributed by atoms with Crippen LogP contribution in [0.3, 0.4) is 0 Å². The number of carbonyl (C=O) groups excluding carboxylic acids is 4. The van der Waals surface area contributed by atoms with Crippen LogP contribution in [0.2, 0.25) is 0 Å². The van der Waals surface area contributed by atoms with Crippen LogP contribution in [0.25, 0.3) is 0 Å². The smallest absolute Gasteiger partial charge is 0.263 e. The number of aryl methyl sites for hydroxylation is 1. The van der Waals surface area contributed by atoms with Gasteiger partial charge >= 0.3 is 0 Å². The second-order valence-electron chi connectivity index (χ2n) is 13.2. The number of hydrogen-bond acceptors (Lipinski definition) is 6. The number of hydrogen-bond donors (Lipinski definition) is 2. The maximum Gasteiger partial charge on any atom is 0.263 e. The van der Waals surface area contributed by atoms with Gasteiger partial charge in [0.2, 0.25) is 11.8 Å². The number of thioether (sulfide) groups is 1. The summed E-state index contributed by atoms with van der Waals surface area (Å²) >= 11 is 1.58. The minimum absolute atomic E-state index is 0.117. The number of rotatable bonds is 9. The van der Waals surface area contributed by atoms with Gasteiger partial charge in [-0.25, -0.2) is 0 Å². The zero-order valence-corrected chi connectivity index (χ0v) is 23.9. The van der Waals surface area contributed by atoms with Crippen molar-refractivity contribution in [2.24, 2.45) is 23.2 Å². The first-order valence-electron chi connectivity index (χ1n) is 15.2. The molecular formula is C33H35N3O4S. The first kappa shape index (κ1) is 25.7. The first-order valence-corrected chi connectivity index (χ1v) is 16.2. The molecule has 1 saturated heterocycles. The van der Waals surface area contributed by atoms with E-state index in [2.05, 4.69) is 34.9 Å². The zero-order chi connectivity index (χ0) is 27.9. The lowest BCUT2D eigenvalue weighted by Crippen LogP contribution is -2.75. The van der Waals surface area contributed by atoms with Crippen molar-refractivity contribution in [3.8, 4) is 0 Å². The highest BCUT2D eigenvalue weighted by Gasteiger charge is 2.80. The zero-order valence-electron chi connectivity index (χ0n) is 23.1. The molecule has 6 unspecified atom stereocenters. The van der Waals surface area contributed by atoms with Gasteiger partial charge in [0.05, 0.1) is 11.1 Å². The number of imide groups is 2. The van der Waals surface area contributed by atoms with Crippen LogP contribution in [0.4, 0.5) is 0 Å². The van der Waals surface area contributed by atoms with E-state index in [1.165, 1.54) is 43.2 Å². The maximum atomic E-state index is 13.3. The van der Waals surface area contributed by atoms with Crippen molar-refractivity contribution in [2.75, 3.05) is 5.75 Å². The molecule has 8 rings (SSSR count). The predicted molar refractivity (Wildman–Crippen MR) is 154 cm³/mol. The number of piperidine rings is 1. The number of nitrogens with zero attached hydrogens (tertiary/aromatic N) is 1. The Morgan fingerprint density at radius 3 is 2.54 bits per heavy atom. The Bertz CT molecular complexity index is 1490. The number of benzene rings is 2. The summed E-state index contributed by atoms with van der Waals surface area (Å²) in [5, 5.41) is 6.29. The lowest BCUT2D eigenvalue weighted by Gasteiger charge is -2.73. The van der Waals surface area contributed by atoms with Crippen LogP contribution in [0.15, 0.2) is 47.4 Å². The highest BCUT2D eigenvalue weighted by atomic mass is 32.2. The van der Waals surface area contributed by atoms with Crippen molar-refractivity contribution in [2.45, 2.75) is 80.8 Å². The molecule has 4 aliphatic carbocycles. The second-order valence-corrected chi connectivity index (χ2v) is 14.4. The van der Waals surface area contributed by atoms with Crippen LogP contribution in [0, 0.1) is 23.2 Å². The van der Waals surface area contributed by atoms with Gasteiger partial charge in [-0.1, -0.05) is 30.3 Å². The van der Waals surface area contributed by atoms with Crippen molar-refractivity contribution >= 4 is 35.4 Å². The van der Waals surface area contributed by atoms with E-state index in [-0.39, 0.29) is 18.7 Å². The summed E-state index contributed by atoms with van der Waals surface area (Å²) in [6.45, 7) is 0.964. The van der Waals surface area contributed by atoms with Gasteiger partial charge in [0.15, 0.2) is 0 Å². The van der Waals surface area contributed by atoms with E-state index in [0.29, 0.717) is 22.1 Å². The third kappa shape index (κ3) is 3.69. The summed E-state index contributed by atoms with van der Waals surface area (Å²) in [6, 6.07) is 13.4. The fourth-order valence-corrected chi connectivity index (χ4v) is 10.7. The highest BCUT2D eigenvalue weighted by Crippen LogP contribution is 2.82. The molecule has 41 heavy (non-hydrogen) atoms. The van der Waals surface area contributed by atoms with Gasteiger partial charge in [-0.3, -0.25) is 29.4 Å². The fraction of sp³-hybridized carbons (Fsp3) is 0.515. The van der Waals surface area contributed by atoms with Gasteiger partial charge in [0, 0.05) is 23.4 Å². The Hall–Kier alpha value is -2.97. The topological polar surface area (TPSA) is 95.6 Å². The van der Waals surface area contributed by atoms with E-state index in [1.54, 1.807) is 23.9 Å². The van der Waals surface area contributed by atoms with Gasteiger partial charge in [-0.15, -0.1) is 11.8 Å². The largest absolute Gasteiger partial charge is 0.307 e. The van der Waals surface area contributed by atoms with Gasteiger partial charge in [-0.2, -0.15) is 0 Å². The molecule has 2 bridgehead atoms. The number of fused-ring (bicyclic) bond motifs is 2. The normalized spacial score (nSPS) is 34.3. The molecule has 0 radical (unpaired) electrons. The Morgan fingerprint density at radius 2 is 1.76 bits per heavy atom. The van der Waals surface area contributed by atoms with Crippen LogP contribution in [0.1, 0.15) is 83.2 Å². The number of nitrogens with one attached hydrogen (secondary N) is 2. The molecule has 4 saturated carbocycles. The molecule has 2 heterocycles. The number of amides is 4. The lowest BCUT2D eigenvalue weighted by molar-refractivity contribution is -0.207. The van der Waals surface area contributed by atoms with E-state index in [4.69, 9.17) is 0 Å². The molecule has 6 aliphatic rings. The molecule has 212 valence electrons. The van der Waals surface area contributed by atoms with Crippen LogP contribution >= 0.6 is 11.8 Å². The van der Waals surface area contributed by atoms with Crippen molar-refractivity contribution in [3.05, 3.63) is 64.7 Å². The van der Waals surface area contributed by atoms with Crippen molar-refractivity contribution in [1.29, 1.82) is 0 Å². The Morgan fingerprint density at radius 1 is 0.927 bits per heavy atom. The van der Waals surface area contributed by atoms with Gasteiger partial charge < -0.3 is 5.32 Å². The molecule has 4 amide bonds.